The van der Waals surface area contributed by atoms with Gasteiger partial charge in [-0.15, -0.1) is 0 Å². The predicted molar refractivity (Wildman–Crippen MR) is 104 cm³/mol. The summed E-state index contributed by atoms with van der Waals surface area (Å²) in [6.07, 6.45) is 10.3. The van der Waals surface area contributed by atoms with Crippen LogP contribution in [0.25, 0.3) is 0 Å². The van der Waals surface area contributed by atoms with Crippen LogP contribution in [-0.2, 0) is 19.3 Å². The van der Waals surface area contributed by atoms with Crippen LogP contribution in [0.2, 0.25) is 0 Å². The van der Waals surface area contributed by atoms with E-state index in [2.05, 4.69) is 46.3 Å². The SMILES string of the molecule is c1ccc2c(c1)CCC1(CCN(CCC3Cc4cccnc4C3)CC1)O2. The number of ether oxygens (including phenoxy) is 1. The van der Waals surface area contributed by atoms with Gasteiger partial charge in [0, 0.05) is 25.0 Å². The number of aromatic nitrogens is 1. The molecule has 5 rings (SSSR count). The highest BCUT2D eigenvalue weighted by Gasteiger charge is 2.39. The Balaban J connectivity index is 1.13. The van der Waals surface area contributed by atoms with Crippen molar-refractivity contribution in [2.45, 2.75) is 50.5 Å². The average molecular weight is 348 g/mol. The number of benzene rings is 1. The van der Waals surface area contributed by atoms with Gasteiger partial charge < -0.3 is 9.64 Å². The summed E-state index contributed by atoms with van der Waals surface area (Å²) in [7, 11) is 0. The van der Waals surface area contributed by atoms with Crippen LogP contribution >= 0.6 is 0 Å². The first kappa shape index (κ1) is 16.3. The van der Waals surface area contributed by atoms with Crippen molar-refractivity contribution < 1.29 is 4.74 Å². The summed E-state index contributed by atoms with van der Waals surface area (Å²) in [5.41, 5.74) is 4.29. The average Bonchev–Trinajstić information content (AvgIpc) is 3.11. The Labute approximate surface area is 156 Å². The van der Waals surface area contributed by atoms with Gasteiger partial charge in [0.2, 0.25) is 0 Å². The molecule has 0 bridgehead atoms. The Kier molecular flexibility index (Phi) is 4.20. The fourth-order valence-electron chi connectivity index (χ4n) is 5.06. The van der Waals surface area contributed by atoms with E-state index in [1.165, 1.54) is 81.4 Å². The number of para-hydroxylation sites is 1. The number of rotatable bonds is 3. The Morgan fingerprint density at radius 2 is 1.85 bits per heavy atom. The molecule has 3 aliphatic rings. The quantitative estimate of drug-likeness (QED) is 0.837. The maximum absolute atomic E-state index is 6.49. The van der Waals surface area contributed by atoms with Crippen LogP contribution in [0.3, 0.4) is 0 Å². The van der Waals surface area contributed by atoms with Crippen molar-refractivity contribution in [2.24, 2.45) is 5.92 Å². The van der Waals surface area contributed by atoms with Crippen LogP contribution in [0.5, 0.6) is 5.75 Å². The van der Waals surface area contributed by atoms with Gasteiger partial charge >= 0.3 is 0 Å². The molecular formula is C23H28N2O. The lowest BCUT2D eigenvalue weighted by Crippen LogP contribution is -2.50. The molecule has 0 N–H and O–H groups in total. The maximum Gasteiger partial charge on any atom is 0.123 e. The summed E-state index contributed by atoms with van der Waals surface area (Å²) in [6.45, 7) is 3.59. The van der Waals surface area contributed by atoms with E-state index in [1.807, 2.05) is 6.20 Å². The Bertz CT molecular complexity index is 754. The third kappa shape index (κ3) is 3.14. The normalized spacial score (nSPS) is 24.1. The second kappa shape index (κ2) is 6.70. The summed E-state index contributed by atoms with van der Waals surface area (Å²) in [6, 6.07) is 12.9. The van der Waals surface area contributed by atoms with E-state index in [9.17, 15) is 0 Å². The minimum absolute atomic E-state index is 0.0956. The molecule has 1 aromatic carbocycles. The van der Waals surface area contributed by atoms with Crippen molar-refractivity contribution in [1.29, 1.82) is 0 Å². The predicted octanol–water partition coefficient (Wildman–Crippen LogP) is 4.05. The Hall–Kier alpha value is -1.87. The molecular weight excluding hydrogens is 320 g/mol. The number of aryl methyl sites for hydroxylation is 1. The van der Waals surface area contributed by atoms with Crippen LogP contribution in [0.15, 0.2) is 42.6 Å². The topological polar surface area (TPSA) is 25.4 Å². The first-order valence-electron chi connectivity index (χ1n) is 10.2. The standard InChI is InChI=1S/C23H28N2O/c1-2-6-22-19(4-1)7-9-23(26-22)10-14-25(15-11-23)13-8-18-16-20-5-3-12-24-21(20)17-18/h1-6,12,18H,7-11,13-17H2. The zero-order valence-electron chi connectivity index (χ0n) is 15.5. The Morgan fingerprint density at radius 1 is 1.00 bits per heavy atom. The molecule has 1 saturated heterocycles. The molecule has 26 heavy (non-hydrogen) atoms. The van der Waals surface area contributed by atoms with Gasteiger partial charge in [-0.2, -0.15) is 0 Å². The van der Waals surface area contributed by atoms with Gasteiger partial charge in [0.25, 0.3) is 0 Å². The molecule has 0 saturated carbocycles. The van der Waals surface area contributed by atoms with Gasteiger partial charge in [-0.05, 0) is 80.7 Å². The van der Waals surface area contributed by atoms with E-state index >= 15 is 0 Å². The third-order valence-corrected chi connectivity index (χ3v) is 6.75. The van der Waals surface area contributed by atoms with Crippen LogP contribution in [-0.4, -0.2) is 35.1 Å². The number of fused-ring (bicyclic) bond motifs is 2. The van der Waals surface area contributed by atoms with Crippen LogP contribution < -0.4 is 4.74 Å². The van der Waals surface area contributed by atoms with Gasteiger partial charge in [0.15, 0.2) is 0 Å². The lowest BCUT2D eigenvalue weighted by molar-refractivity contribution is -0.0153. The lowest BCUT2D eigenvalue weighted by atomic mass is 9.83. The highest BCUT2D eigenvalue weighted by molar-refractivity contribution is 5.36. The van der Waals surface area contributed by atoms with Gasteiger partial charge in [-0.25, -0.2) is 0 Å². The molecule has 3 nitrogen and oxygen atoms in total. The highest BCUT2D eigenvalue weighted by atomic mass is 16.5. The second-order valence-electron chi connectivity index (χ2n) is 8.41. The summed E-state index contributed by atoms with van der Waals surface area (Å²) >= 11 is 0. The number of hydrogen-bond acceptors (Lipinski definition) is 3. The molecule has 1 atom stereocenters. The number of piperidine rings is 1. The molecule has 1 aliphatic carbocycles. The van der Waals surface area contributed by atoms with Crippen molar-refractivity contribution in [3.63, 3.8) is 0 Å². The van der Waals surface area contributed by atoms with Crippen molar-refractivity contribution in [1.82, 2.24) is 9.88 Å². The third-order valence-electron chi connectivity index (χ3n) is 6.75. The first-order chi connectivity index (χ1) is 12.8. The molecule has 1 spiro atoms. The van der Waals surface area contributed by atoms with Gasteiger partial charge in [0.1, 0.15) is 11.4 Å². The van der Waals surface area contributed by atoms with Crippen LogP contribution in [0.4, 0.5) is 0 Å². The zero-order valence-corrected chi connectivity index (χ0v) is 15.5. The maximum atomic E-state index is 6.49. The molecule has 1 aromatic heterocycles. The van der Waals surface area contributed by atoms with Crippen molar-refractivity contribution in [2.75, 3.05) is 19.6 Å². The molecule has 3 heteroatoms. The molecule has 0 radical (unpaired) electrons. The van der Waals surface area contributed by atoms with Crippen LogP contribution in [0, 0.1) is 5.92 Å². The zero-order chi connectivity index (χ0) is 17.4. The Morgan fingerprint density at radius 3 is 2.73 bits per heavy atom. The smallest absolute Gasteiger partial charge is 0.123 e. The second-order valence-corrected chi connectivity index (χ2v) is 8.41. The van der Waals surface area contributed by atoms with E-state index in [4.69, 9.17) is 4.74 Å². The van der Waals surface area contributed by atoms with Crippen molar-refractivity contribution >= 4 is 0 Å². The van der Waals surface area contributed by atoms with Crippen LogP contribution in [0.1, 0.15) is 42.5 Å². The molecule has 2 aliphatic heterocycles. The molecule has 136 valence electrons. The number of hydrogen-bond donors (Lipinski definition) is 0. The first-order valence-corrected chi connectivity index (χ1v) is 10.2. The van der Waals surface area contributed by atoms with E-state index in [-0.39, 0.29) is 5.60 Å². The minimum Gasteiger partial charge on any atom is -0.487 e. The van der Waals surface area contributed by atoms with E-state index in [0.717, 1.165) is 11.7 Å². The fraction of sp³-hybridized carbons (Fsp3) is 0.522. The van der Waals surface area contributed by atoms with Gasteiger partial charge in [0.05, 0.1) is 0 Å². The largest absolute Gasteiger partial charge is 0.487 e. The van der Waals surface area contributed by atoms with E-state index in [0.29, 0.717) is 0 Å². The summed E-state index contributed by atoms with van der Waals surface area (Å²) in [5.74, 6) is 1.91. The summed E-state index contributed by atoms with van der Waals surface area (Å²) < 4.78 is 6.49. The molecule has 1 fully saturated rings. The van der Waals surface area contributed by atoms with Gasteiger partial charge in [-0.1, -0.05) is 24.3 Å². The molecule has 3 heterocycles. The number of pyridine rings is 1. The van der Waals surface area contributed by atoms with Gasteiger partial charge in [-0.3, -0.25) is 4.98 Å². The summed E-state index contributed by atoms with van der Waals surface area (Å²) in [5, 5.41) is 0. The monoisotopic (exact) mass is 348 g/mol. The van der Waals surface area contributed by atoms with E-state index < -0.39 is 0 Å². The number of nitrogens with zero attached hydrogens (tertiary/aromatic N) is 2. The highest BCUT2D eigenvalue weighted by Crippen LogP contribution is 2.39. The minimum atomic E-state index is 0.0956. The molecule has 0 amide bonds. The summed E-state index contributed by atoms with van der Waals surface area (Å²) in [4.78, 5) is 7.21. The number of likely N-dealkylation sites (tertiary alicyclic amines) is 1. The molecule has 1 unspecified atom stereocenters. The van der Waals surface area contributed by atoms with E-state index in [1.54, 1.807) is 0 Å². The lowest BCUT2D eigenvalue weighted by Gasteiger charge is -2.44. The van der Waals surface area contributed by atoms with Crippen molar-refractivity contribution in [3.8, 4) is 5.75 Å². The molecule has 2 aromatic rings. The van der Waals surface area contributed by atoms with Crippen molar-refractivity contribution in [3.05, 3.63) is 59.4 Å². The fourth-order valence-corrected chi connectivity index (χ4v) is 5.06.